The second-order valence-electron chi connectivity index (χ2n) is 5.21. The molecule has 0 aliphatic heterocycles. The largest absolute Gasteiger partial charge is 0.465 e. The lowest BCUT2D eigenvalue weighted by molar-refractivity contribution is -0.113. The van der Waals surface area contributed by atoms with Crippen LogP contribution in [0.25, 0.3) is 12.2 Å². The van der Waals surface area contributed by atoms with E-state index in [2.05, 4.69) is 6.92 Å². The molecule has 1 saturated carbocycles. The molecule has 0 atom stereocenters. The minimum absolute atomic E-state index is 0.0934. The van der Waals surface area contributed by atoms with Crippen LogP contribution in [0.4, 0.5) is 0 Å². The summed E-state index contributed by atoms with van der Waals surface area (Å²) < 4.78 is 10.6. The third-order valence-electron chi connectivity index (χ3n) is 3.44. The smallest absolute Gasteiger partial charge is 0.185 e. The summed E-state index contributed by atoms with van der Waals surface area (Å²) >= 11 is 0. The number of hydrogen-bond acceptors (Lipinski definition) is 3. The maximum absolute atomic E-state index is 12.5. The van der Waals surface area contributed by atoms with Gasteiger partial charge in [0.05, 0.1) is 12.5 Å². The molecule has 0 N–H and O–H groups in total. The molecule has 0 spiro atoms. The Morgan fingerprint density at radius 3 is 1.90 bits per heavy atom. The van der Waals surface area contributed by atoms with E-state index in [1.54, 1.807) is 12.5 Å². The predicted molar refractivity (Wildman–Crippen MR) is 76.8 cm³/mol. The van der Waals surface area contributed by atoms with Gasteiger partial charge in [-0.25, -0.2) is 0 Å². The van der Waals surface area contributed by atoms with E-state index in [1.807, 2.05) is 36.4 Å². The second-order valence-corrected chi connectivity index (χ2v) is 5.21. The normalized spacial score (nSPS) is 23.6. The van der Waals surface area contributed by atoms with Crippen LogP contribution in [0.5, 0.6) is 0 Å². The summed E-state index contributed by atoms with van der Waals surface area (Å²) in [5.74, 6) is 1.98. The van der Waals surface area contributed by atoms with E-state index < -0.39 is 0 Å². The Kier molecular flexibility index (Phi) is 3.42. The molecule has 2 aromatic rings. The zero-order valence-electron chi connectivity index (χ0n) is 11.3. The van der Waals surface area contributed by atoms with Gasteiger partial charge in [0.25, 0.3) is 0 Å². The van der Waals surface area contributed by atoms with Crippen molar-refractivity contribution >= 4 is 17.9 Å². The molecule has 0 saturated heterocycles. The van der Waals surface area contributed by atoms with E-state index in [1.165, 1.54) is 0 Å². The van der Waals surface area contributed by atoms with E-state index in [4.69, 9.17) is 8.83 Å². The summed E-state index contributed by atoms with van der Waals surface area (Å²) in [4.78, 5) is 12.5. The molecule has 3 nitrogen and oxygen atoms in total. The maximum atomic E-state index is 12.5. The van der Waals surface area contributed by atoms with Gasteiger partial charge in [-0.15, -0.1) is 0 Å². The number of allylic oxidation sites excluding steroid dienone is 2. The highest BCUT2D eigenvalue weighted by molar-refractivity contribution is 6.13. The predicted octanol–water partition coefficient (Wildman–Crippen LogP) is 4.34. The molecule has 1 fully saturated rings. The average Bonchev–Trinajstić information content (AvgIpc) is 3.08. The van der Waals surface area contributed by atoms with Gasteiger partial charge in [-0.2, -0.15) is 0 Å². The first kappa shape index (κ1) is 12.7. The Morgan fingerprint density at radius 1 is 1.00 bits per heavy atom. The first-order valence-electron chi connectivity index (χ1n) is 6.75. The zero-order valence-corrected chi connectivity index (χ0v) is 11.3. The zero-order chi connectivity index (χ0) is 13.9. The van der Waals surface area contributed by atoms with Crippen molar-refractivity contribution in [3.05, 3.63) is 59.5 Å². The lowest BCUT2D eigenvalue weighted by Gasteiger charge is -2.22. The summed E-state index contributed by atoms with van der Waals surface area (Å²) in [6.45, 7) is 2.15. The Balaban J connectivity index is 1.92. The van der Waals surface area contributed by atoms with E-state index in [-0.39, 0.29) is 5.78 Å². The Hall–Kier alpha value is -2.29. The summed E-state index contributed by atoms with van der Waals surface area (Å²) in [6, 6.07) is 7.36. The van der Waals surface area contributed by atoms with Gasteiger partial charge in [0.2, 0.25) is 0 Å². The molecule has 102 valence electrons. The molecule has 3 rings (SSSR count). The first-order chi connectivity index (χ1) is 9.72. The summed E-state index contributed by atoms with van der Waals surface area (Å²) in [5.41, 5.74) is 1.60. The van der Waals surface area contributed by atoms with Gasteiger partial charge in [0.1, 0.15) is 11.5 Å². The molecule has 0 aromatic carbocycles. The van der Waals surface area contributed by atoms with Crippen molar-refractivity contribution in [2.24, 2.45) is 5.92 Å². The summed E-state index contributed by atoms with van der Waals surface area (Å²) in [6.07, 6.45) is 8.48. The first-order valence-corrected chi connectivity index (χ1v) is 6.75. The van der Waals surface area contributed by atoms with Gasteiger partial charge in [0.15, 0.2) is 5.78 Å². The van der Waals surface area contributed by atoms with Crippen LogP contribution in [-0.4, -0.2) is 5.78 Å². The van der Waals surface area contributed by atoms with Crippen LogP contribution in [0.3, 0.4) is 0 Å². The monoisotopic (exact) mass is 268 g/mol. The fourth-order valence-corrected chi connectivity index (χ4v) is 2.55. The van der Waals surface area contributed by atoms with Gasteiger partial charge >= 0.3 is 0 Å². The number of carbonyl (C=O) groups excluding carboxylic acids is 1. The lowest BCUT2D eigenvalue weighted by atomic mass is 9.81. The molecule has 1 aliphatic rings. The Labute approximate surface area is 117 Å². The molecule has 3 heteroatoms. The fourth-order valence-electron chi connectivity index (χ4n) is 2.55. The summed E-state index contributed by atoms with van der Waals surface area (Å²) in [5, 5.41) is 0. The van der Waals surface area contributed by atoms with Crippen molar-refractivity contribution < 1.29 is 13.6 Å². The minimum Gasteiger partial charge on any atom is -0.465 e. The number of ketones is 1. The van der Waals surface area contributed by atoms with Gasteiger partial charge in [0, 0.05) is 11.1 Å². The quantitative estimate of drug-likeness (QED) is 0.761. The summed E-state index contributed by atoms with van der Waals surface area (Å²) in [7, 11) is 0. The van der Waals surface area contributed by atoms with Crippen LogP contribution in [0.1, 0.15) is 31.3 Å². The van der Waals surface area contributed by atoms with Crippen LogP contribution in [0.15, 0.2) is 56.8 Å². The van der Waals surface area contributed by atoms with E-state index in [0.29, 0.717) is 5.92 Å². The molecule has 0 amide bonds. The van der Waals surface area contributed by atoms with Crippen LogP contribution in [0.2, 0.25) is 0 Å². The standard InChI is InChI=1S/C17H16O3/c1-12-8-13(10-15-4-2-6-19-15)17(18)14(9-12)11-16-5-3-7-20-16/h2-7,10-12H,8-9H2,1H3/b13-10-,14-11-. The lowest BCUT2D eigenvalue weighted by Crippen LogP contribution is -2.18. The fraction of sp³-hybridized carbons (Fsp3) is 0.235. The molecule has 1 aliphatic carbocycles. The molecule has 2 heterocycles. The van der Waals surface area contributed by atoms with Gasteiger partial charge < -0.3 is 8.83 Å². The molecule has 20 heavy (non-hydrogen) atoms. The van der Waals surface area contributed by atoms with E-state index in [0.717, 1.165) is 35.5 Å². The topological polar surface area (TPSA) is 43.4 Å². The Morgan fingerprint density at radius 2 is 1.50 bits per heavy atom. The average molecular weight is 268 g/mol. The van der Waals surface area contributed by atoms with Crippen molar-refractivity contribution in [3.63, 3.8) is 0 Å². The number of hydrogen-bond donors (Lipinski definition) is 0. The van der Waals surface area contributed by atoms with Crippen LogP contribution >= 0.6 is 0 Å². The number of carbonyl (C=O) groups is 1. The number of Topliss-reactive ketones (excluding diaryl/α,β-unsaturated/α-hetero) is 1. The SMILES string of the molecule is CC1C/C(=C/c2ccco2)C(=O)/C(=C\c2ccco2)C1. The molecular formula is C17H16O3. The van der Waals surface area contributed by atoms with Crippen LogP contribution < -0.4 is 0 Å². The maximum Gasteiger partial charge on any atom is 0.185 e. The van der Waals surface area contributed by atoms with Crippen molar-refractivity contribution in [1.82, 2.24) is 0 Å². The van der Waals surface area contributed by atoms with Gasteiger partial charge in [-0.05, 0) is 55.2 Å². The molecule has 0 radical (unpaired) electrons. The molecule has 2 aromatic heterocycles. The third kappa shape index (κ3) is 2.67. The molecular weight excluding hydrogens is 252 g/mol. The highest BCUT2D eigenvalue weighted by Gasteiger charge is 2.25. The van der Waals surface area contributed by atoms with Crippen LogP contribution in [0, 0.1) is 5.92 Å². The number of furan rings is 2. The third-order valence-corrected chi connectivity index (χ3v) is 3.44. The minimum atomic E-state index is 0.0934. The highest BCUT2D eigenvalue weighted by Crippen LogP contribution is 2.32. The van der Waals surface area contributed by atoms with E-state index in [9.17, 15) is 4.79 Å². The highest BCUT2D eigenvalue weighted by atomic mass is 16.3. The van der Waals surface area contributed by atoms with Crippen molar-refractivity contribution in [2.45, 2.75) is 19.8 Å². The second kappa shape index (κ2) is 5.37. The van der Waals surface area contributed by atoms with Crippen molar-refractivity contribution in [2.75, 3.05) is 0 Å². The number of rotatable bonds is 2. The van der Waals surface area contributed by atoms with Crippen molar-refractivity contribution in [3.8, 4) is 0 Å². The van der Waals surface area contributed by atoms with Crippen molar-refractivity contribution in [1.29, 1.82) is 0 Å². The molecule has 0 unspecified atom stereocenters. The Bertz CT molecular complexity index is 586. The van der Waals surface area contributed by atoms with Gasteiger partial charge in [-0.3, -0.25) is 4.79 Å². The van der Waals surface area contributed by atoms with Crippen LogP contribution in [-0.2, 0) is 4.79 Å². The van der Waals surface area contributed by atoms with E-state index >= 15 is 0 Å². The van der Waals surface area contributed by atoms with Gasteiger partial charge in [-0.1, -0.05) is 6.92 Å². The molecule has 0 bridgehead atoms.